The molecule has 2 aromatic carbocycles. The fourth-order valence-electron chi connectivity index (χ4n) is 2.40. The average molecular weight is 373 g/mol. The summed E-state index contributed by atoms with van der Waals surface area (Å²) in [6.45, 7) is -0.338. The highest BCUT2D eigenvalue weighted by Crippen LogP contribution is 2.36. The summed E-state index contributed by atoms with van der Waals surface area (Å²) in [5.74, 6) is 0.422. The minimum Gasteiger partial charge on any atom is -0.454 e. The van der Waals surface area contributed by atoms with Crippen LogP contribution in [0.3, 0.4) is 0 Å². The second kappa shape index (κ2) is 6.93. The van der Waals surface area contributed by atoms with E-state index in [9.17, 15) is 13.2 Å². The number of carbonyl (C=O) groups excluding carboxylic acids is 1. The lowest BCUT2D eigenvalue weighted by Crippen LogP contribution is -2.37. The molecule has 134 valence electrons. The molecule has 0 aromatic heterocycles. The molecule has 1 amide bonds. The number of hydrogen-bond donors (Lipinski definition) is 1. The number of amides is 1. The van der Waals surface area contributed by atoms with Gasteiger partial charge in [0.2, 0.25) is 22.7 Å². The topological polar surface area (TPSA) is 109 Å². The Morgan fingerprint density at radius 3 is 2.54 bits per heavy atom. The molecule has 0 saturated heterocycles. The first-order valence-corrected chi connectivity index (χ1v) is 9.39. The zero-order chi connectivity index (χ0) is 18.7. The maximum atomic E-state index is 12.3. The number of nitrogens with one attached hydrogen (secondary N) is 1. The van der Waals surface area contributed by atoms with Gasteiger partial charge in [0.15, 0.2) is 11.5 Å². The van der Waals surface area contributed by atoms with Crippen LogP contribution in [0.25, 0.3) is 0 Å². The lowest BCUT2D eigenvalue weighted by atomic mass is 10.2. The molecule has 3 rings (SSSR count). The molecule has 1 heterocycles. The standard InChI is InChI=1S/C17H15N3O5S/c1-26(22,23)20(14-6-7-15-16(8-14)25-11-24-15)10-17(21)19-13-4-2-12(9-18)3-5-13/h2-8H,10-11H2,1H3,(H,19,21). The molecule has 26 heavy (non-hydrogen) atoms. The molecule has 0 spiro atoms. The molecule has 1 N–H and O–H groups in total. The summed E-state index contributed by atoms with van der Waals surface area (Å²) >= 11 is 0. The van der Waals surface area contributed by atoms with Gasteiger partial charge in [-0.2, -0.15) is 5.26 Å². The van der Waals surface area contributed by atoms with Crippen molar-refractivity contribution in [2.75, 3.05) is 29.2 Å². The maximum Gasteiger partial charge on any atom is 0.245 e. The molecule has 0 unspecified atom stereocenters. The van der Waals surface area contributed by atoms with Crippen LogP contribution >= 0.6 is 0 Å². The molecule has 0 saturated carbocycles. The number of ether oxygens (including phenoxy) is 2. The van der Waals surface area contributed by atoms with Gasteiger partial charge in [0.05, 0.1) is 23.6 Å². The Kier molecular flexibility index (Phi) is 4.69. The minimum atomic E-state index is -3.70. The largest absolute Gasteiger partial charge is 0.454 e. The van der Waals surface area contributed by atoms with Crippen LogP contribution in [0.5, 0.6) is 11.5 Å². The number of sulfonamides is 1. The predicted octanol–water partition coefficient (Wildman–Crippen LogP) is 1.69. The van der Waals surface area contributed by atoms with Gasteiger partial charge < -0.3 is 14.8 Å². The van der Waals surface area contributed by atoms with Crippen molar-refractivity contribution in [3.8, 4) is 17.6 Å². The number of carbonyl (C=O) groups is 1. The molecular formula is C17H15N3O5S. The van der Waals surface area contributed by atoms with Gasteiger partial charge in [-0.15, -0.1) is 0 Å². The fourth-order valence-corrected chi connectivity index (χ4v) is 3.25. The van der Waals surface area contributed by atoms with Crippen LogP contribution in [0.1, 0.15) is 5.56 Å². The Bertz CT molecular complexity index is 980. The first kappa shape index (κ1) is 17.6. The summed E-state index contributed by atoms with van der Waals surface area (Å²) in [6, 6.07) is 12.9. The smallest absolute Gasteiger partial charge is 0.245 e. The average Bonchev–Trinajstić information content (AvgIpc) is 3.07. The lowest BCUT2D eigenvalue weighted by molar-refractivity contribution is -0.114. The van der Waals surface area contributed by atoms with Gasteiger partial charge in [-0.25, -0.2) is 8.42 Å². The van der Waals surface area contributed by atoms with E-state index >= 15 is 0 Å². The Labute approximate surface area is 150 Å². The van der Waals surface area contributed by atoms with E-state index in [0.29, 0.717) is 28.4 Å². The molecule has 1 aliphatic rings. The molecule has 9 heteroatoms. The van der Waals surface area contributed by atoms with E-state index in [0.717, 1.165) is 10.6 Å². The van der Waals surface area contributed by atoms with Gasteiger partial charge in [0.25, 0.3) is 0 Å². The molecule has 2 aromatic rings. The highest BCUT2D eigenvalue weighted by Gasteiger charge is 2.23. The van der Waals surface area contributed by atoms with Crippen molar-refractivity contribution < 1.29 is 22.7 Å². The van der Waals surface area contributed by atoms with E-state index in [-0.39, 0.29) is 6.79 Å². The summed E-state index contributed by atoms with van der Waals surface area (Å²) in [5, 5.41) is 11.4. The Balaban J connectivity index is 1.78. The van der Waals surface area contributed by atoms with Crippen molar-refractivity contribution in [2.45, 2.75) is 0 Å². The van der Waals surface area contributed by atoms with Crippen LogP contribution < -0.4 is 19.1 Å². The SMILES string of the molecule is CS(=O)(=O)N(CC(=O)Nc1ccc(C#N)cc1)c1ccc2c(c1)OCO2. The van der Waals surface area contributed by atoms with Gasteiger partial charge in [-0.3, -0.25) is 9.10 Å². The van der Waals surface area contributed by atoms with Crippen molar-refractivity contribution in [2.24, 2.45) is 0 Å². The van der Waals surface area contributed by atoms with Crippen molar-refractivity contribution in [3.05, 3.63) is 48.0 Å². The number of rotatable bonds is 5. The quantitative estimate of drug-likeness (QED) is 0.854. The van der Waals surface area contributed by atoms with E-state index in [4.69, 9.17) is 14.7 Å². The summed E-state index contributed by atoms with van der Waals surface area (Å²) in [6.07, 6.45) is 1.02. The molecule has 1 aliphatic heterocycles. The van der Waals surface area contributed by atoms with Crippen LogP contribution in [0.2, 0.25) is 0 Å². The molecule has 0 fully saturated rings. The van der Waals surface area contributed by atoms with Gasteiger partial charge in [-0.1, -0.05) is 0 Å². The second-order valence-corrected chi connectivity index (χ2v) is 7.45. The first-order chi connectivity index (χ1) is 12.4. The van der Waals surface area contributed by atoms with Crippen molar-refractivity contribution in [1.29, 1.82) is 5.26 Å². The predicted molar refractivity (Wildman–Crippen MR) is 94.5 cm³/mol. The van der Waals surface area contributed by atoms with Crippen molar-refractivity contribution in [1.82, 2.24) is 0 Å². The highest BCUT2D eigenvalue weighted by molar-refractivity contribution is 7.92. The highest BCUT2D eigenvalue weighted by atomic mass is 32.2. The maximum absolute atomic E-state index is 12.3. The molecule has 0 atom stereocenters. The lowest BCUT2D eigenvalue weighted by Gasteiger charge is -2.22. The molecular weight excluding hydrogens is 358 g/mol. The third-order valence-corrected chi connectivity index (χ3v) is 4.77. The van der Waals surface area contributed by atoms with Crippen LogP contribution in [-0.2, 0) is 14.8 Å². The van der Waals surface area contributed by atoms with Gasteiger partial charge in [-0.05, 0) is 36.4 Å². The molecule has 0 radical (unpaired) electrons. The fraction of sp³-hybridized carbons (Fsp3) is 0.176. The van der Waals surface area contributed by atoms with Gasteiger partial charge in [0, 0.05) is 11.8 Å². The Morgan fingerprint density at radius 2 is 1.88 bits per heavy atom. The number of anilines is 2. The summed E-state index contributed by atoms with van der Waals surface area (Å²) in [5.41, 5.74) is 1.22. The van der Waals surface area contributed by atoms with Crippen molar-refractivity contribution in [3.63, 3.8) is 0 Å². The van der Waals surface area contributed by atoms with Crippen LogP contribution in [0.4, 0.5) is 11.4 Å². The van der Waals surface area contributed by atoms with E-state index in [2.05, 4.69) is 5.32 Å². The summed E-state index contributed by atoms with van der Waals surface area (Å²) < 4.78 is 35.7. The van der Waals surface area contributed by atoms with E-state index in [1.807, 2.05) is 6.07 Å². The molecule has 0 bridgehead atoms. The third-order valence-electron chi connectivity index (χ3n) is 3.63. The number of fused-ring (bicyclic) bond motifs is 1. The number of hydrogen-bond acceptors (Lipinski definition) is 6. The van der Waals surface area contributed by atoms with Crippen LogP contribution in [-0.4, -0.2) is 33.9 Å². The zero-order valence-corrected chi connectivity index (χ0v) is 14.6. The molecule has 0 aliphatic carbocycles. The first-order valence-electron chi connectivity index (χ1n) is 7.54. The Morgan fingerprint density at radius 1 is 1.19 bits per heavy atom. The monoisotopic (exact) mass is 373 g/mol. The van der Waals surface area contributed by atoms with Crippen LogP contribution in [0.15, 0.2) is 42.5 Å². The minimum absolute atomic E-state index is 0.0663. The second-order valence-electron chi connectivity index (χ2n) is 5.54. The molecule has 8 nitrogen and oxygen atoms in total. The zero-order valence-electron chi connectivity index (χ0n) is 13.8. The van der Waals surface area contributed by atoms with Gasteiger partial charge in [0.1, 0.15) is 6.54 Å². The summed E-state index contributed by atoms with van der Waals surface area (Å²) in [7, 11) is -3.70. The van der Waals surface area contributed by atoms with Crippen LogP contribution in [0, 0.1) is 11.3 Å². The number of nitriles is 1. The Hall–Kier alpha value is -3.25. The number of benzene rings is 2. The normalized spacial score (nSPS) is 12.3. The van der Waals surface area contributed by atoms with E-state index in [1.165, 1.54) is 6.07 Å². The van der Waals surface area contributed by atoms with Crippen molar-refractivity contribution >= 4 is 27.3 Å². The summed E-state index contributed by atoms with van der Waals surface area (Å²) in [4.78, 5) is 12.3. The third kappa shape index (κ3) is 3.87. The number of nitrogens with zero attached hydrogens (tertiary/aromatic N) is 2. The van der Waals surface area contributed by atoms with E-state index in [1.54, 1.807) is 36.4 Å². The van der Waals surface area contributed by atoms with Gasteiger partial charge >= 0.3 is 0 Å². The van der Waals surface area contributed by atoms with E-state index < -0.39 is 22.5 Å².